The van der Waals surface area contributed by atoms with E-state index in [-0.39, 0.29) is 0 Å². The SMILES string of the molecule is NC(=O)c1[nH]nc2c1CCOc1ccc(-c3ccccc3)cc1-2. The predicted octanol–water partition coefficient (Wildman–Crippen LogP) is 2.78. The number of nitrogens with zero attached hydrogens (tertiary/aromatic N) is 1. The summed E-state index contributed by atoms with van der Waals surface area (Å²) in [5.74, 6) is 0.271. The number of hydrogen-bond acceptors (Lipinski definition) is 3. The van der Waals surface area contributed by atoms with Gasteiger partial charge in [0, 0.05) is 17.5 Å². The fourth-order valence-corrected chi connectivity index (χ4v) is 2.95. The Morgan fingerprint density at radius 3 is 2.74 bits per heavy atom. The van der Waals surface area contributed by atoms with Crippen molar-refractivity contribution in [2.24, 2.45) is 5.73 Å². The maximum atomic E-state index is 11.6. The first-order valence-corrected chi connectivity index (χ1v) is 7.44. The van der Waals surface area contributed by atoms with Gasteiger partial charge in [0.25, 0.3) is 5.91 Å². The minimum Gasteiger partial charge on any atom is -0.493 e. The summed E-state index contributed by atoms with van der Waals surface area (Å²) in [4.78, 5) is 11.6. The van der Waals surface area contributed by atoms with E-state index in [4.69, 9.17) is 10.5 Å². The summed E-state index contributed by atoms with van der Waals surface area (Å²) in [5.41, 5.74) is 10.4. The lowest BCUT2D eigenvalue weighted by atomic mass is 9.98. The van der Waals surface area contributed by atoms with Crippen molar-refractivity contribution in [2.45, 2.75) is 6.42 Å². The molecule has 5 heteroatoms. The lowest BCUT2D eigenvalue weighted by Crippen LogP contribution is -2.14. The van der Waals surface area contributed by atoms with E-state index in [0.29, 0.717) is 18.7 Å². The molecule has 2 heterocycles. The molecule has 4 rings (SSSR count). The Bertz CT molecular complexity index is 885. The van der Waals surface area contributed by atoms with Crippen LogP contribution in [0.3, 0.4) is 0 Å². The second-order valence-corrected chi connectivity index (χ2v) is 5.47. The Hall–Kier alpha value is -3.08. The van der Waals surface area contributed by atoms with Gasteiger partial charge in [0.15, 0.2) is 0 Å². The number of hydrogen-bond donors (Lipinski definition) is 2. The molecule has 1 aliphatic rings. The molecule has 0 aliphatic carbocycles. The fourth-order valence-electron chi connectivity index (χ4n) is 2.95. The molecular formula is C18H15N3O2. The first kappa shape index (κ1) is 13.6. The van der Waals surface area contributed by atoms with E-state index in [9.17, 15) is 4.79 Å². The monoisotopic (exact) mass is 305 g/mol. The third-order valence-electron chi connectivity index (χ3n) is 4.06. The van der Waals surface area contributed by atoms with Crippen LogP contribution in [0.25, 0.3) is 22.4 Å². The smallest absolute Gasteiger partial charge is 0.267 e. The number of fused-ring (bicyclic) bond motifs is 3. The van der Waals surface area contributed by atoms with Crippen LogP contribution in [0.4, 0.5) is 0 Å². The van der Waals surface area contributed by atoms with Crippen molar-refractivity contribution in [1.82, 2.24) is 10.2 Å². The largest absolute Gasteiger partial charge is 0.493 e. The highest BCUT2D eigenvalue weighted by Gasteiger charge is 2.24. The van der Waals surface area contributed by atoms with Crippen LogP contribution < -0.4 is 10.5 Å². The average molecular weight is 305 g/mol. The van der Waals surface area contributed by atoms with Crippen molar-refractivity contribution in [3.05, 3.63) is 59.8 Å². The van der Waals surface area contributed by atoms with Gasteiger partial charge in [-0.2, -0.15) is 5.10 Å². The van der Waals surface area contributed by atoms with Crippen molar-refractivity contribution in [3.8, 4) is 28.1 Å². The summed E-state index contributed by atoms with van der Waals surface area (Å²) in [7, 11) is 0. The lowest BCUT2D eigenvalue weighted by Gasteiger charge is -2.09. The van der Waals surface area contributed by atoms with E-state index in [1.807, 2.05) is 36.4 Å². The number of primary amides is 1. The van der Waals surface area contributed by atoms with Gasteiger partial charge < -0.3 is 10.5 Å². The highest BCUT2D eigenvalue weighted by Crippen LogP contribution is 2.37. The van der Waals surface area contributed by atoms with Crippen molar-refractivity contribution >= 4 is 5.91 Å². The molecule has 3 N–H and O–H groups in total. The molecule has 0 atom stereocenters. The number of carbonyl (C=O) groups excluding carboxylic acids is 1. The van der Waals surface area contributed by atoms with Crippen LogP contribution in [0.1, 0.15) is 16.1 Å². The van der Waals surface area contributed by atoms with Gasteiger partial charge in [-0.05, 0) is 23.3 Å². The number of carbonyl (C=O) groups is 1. The molecule has 114 valence electrons. The van der Waals surface area contributed by atoms with E-state index in [1.54, 1.807) is 0 Å². The van der Waals surface area contributed by atoms with Gasteiger partial charge in [0.1, 0.15) is 11.4 Å². The Morgan fingerprint density at radius 1 is 1.13 bits per heavy atom. The molecule has 23 heavy (non-hydrogen) atoms. The van der Waals surface area contributed by atoms with Crippen LogP contribution in [-0.4, -0.2) is 22.7 Å². The zero-order chi connectivity index (χ0) is 15.8. The summed E-state index contributed by atoms with van der Waals surface area (Å²) in [5, 5.41) is 7.07. The van der Waals surface area contributed by atoms with Crippen LogP contribution in [0, 0.1) is 0 Å². The summed E-state index contributed by atoms with van der Waals surface area (Å²) < 4.78 is 5.81. The minimum atomic E-state index is -0.499. The molecule has 0 saturated carbocycles. The number of aromatic amines is 1. The molecule has 0 unspecified atom stereocenters. The first-order chi connectivity index (χ1) is 11.2. The van der Waals surface area contributed by atoms with Crippen LogP contribution in [0.2, 0.25) is 0 Å². The standard InChI is InChI=1S/C18H15N3O2/c19-18(22)17-13-8-9-23-15-7-6-12(11-4-2-1-3-5-11)10-14(15)16(13)20-21-17/h1-7,10H,8-9H2,(H2,19,22)(H,20,21). The van der Waals surface area contributed by atoms with Crippen molar-refractivity contribution < 1.29 is 9.53 Å². The zero-order valence-electron chi connectivity index (χ0n) is 12.4. The first-order valence-electron chi connectivity index (χ1n) is 7.44. The molecule has 0 spiro atoms. The van der Waals surface area contributed by atoms with E-state index in [2.05, 4.69) is 22.3 Å². The fraction of sp³-hybridized carbons (Fsp3) is 0.111. The number of H-pyrrole nitrogens is 1. The third-order valence-corrected chi connectivity index (χ3v) is 4.06. The average Bonchev–Trinajstić information content (AvgIpc) is 2.92. The minimum absolute atomic E-state index is 0.363. The van der Waals surface area contributed by atoms with Crippen molar-refractivity contribution in [3.63, 3.8) is 0 Å². The van der Waals surface area contributed by atoms with Crippen LogP contribution in [0.5, 0.6) is 5.75 Å². The number of ether oxygens (including phenoxy) is 1. The van der Waals surface area contributed by atoms with Gasteiger partial charge in [-0.25, -0.2) is 0 Å². The van der Waals surface area contributed by atoms with Crippen LogP contribution in [-0.2, 0) is 6.42 Å². The van der Waals surface area contributed by atoms with Gasteiger partial charge in [-0.1, -0.05) is 36.4 Å². The Balaban J connectivity index is 1.90. The molecule has 5 nitrogen and oxygen atoms in total. The van der Waals surface area contributed by atoms with E-state index in [1.165, 1.54) is 0 Å². The number of nitrogens with two attached hydrogens (primary N) is 1. The molecule has 0 bridgehead atoms. The van der Waals surface area contributed by atoms with E-state index >= 15 is 0 Å². The quantitative estimate of drug-likeness (QED) is 0.764. The Kier molecular flexibility index (Phi) is 3.12. The molecule has 1 aliphatic heterocycles. The number of amides is 1. The highest BCUT2D eigenvalue weighted by molar-refractivity contribution is 5.95. The van der Waals surface area contributed by atoms with Crippen molar-refractivity contribution in [1.29, 1.82) is 0 Å². The molecular weight excluding hydrogens is 290 g/mol. The number of benzene rings is 2. The van der Waals surface area contributed by atoms with E-state index < -0.39 is 5.91 Å². The molecule has 3 aromatic rings. The topological polar surface area (TPSA) is 81.0 Å². The maximum absolute atomic E-state index is 11.6. The van der Waals surface area contributed by atoms with Gasteiger partial charge in [0.2, 0.25) is 0 Å². The van der Waals surface area contributed by atoms with Gasteiger partial charge in [-0.3, -0.25) is 9.89 Å². The summed E-state index contributed by atoms with van der Waals surface area (Å²) >= 11 is 0. The highest BCUT2D eigenvalue weighted by atomic mass is 16.5. The number of rotatable bonds is 2. The van der Waals surface area contributed by atoms with Gasteiger partial charge in [-0.15, -0.1) is 0 Å². The second kappa shape index (κ2) is 5.28. The zero-order valence-corrected chi connectivity index (χ0v) is 12.4. The molecule has 0 saturated heterocycles. The van der Waals surface area contributed by atoms with Crippen molar-refractivity contribution in [2.75, 3.05) is 6.61 Å². The van der Waals surface area contributed by atoms with Crippen LogP contribution in [0.15, 0.2) is 48.5 Å². The second-order valence-electron chi connectivity index (χ2n) is 5.47. The molecule has 2 aromatic carbocycles. The summed E-state index contributed by atoms with van der Waals surface area (Å²) in [6.45, 7) is 0.491. The predicted molar refractivity (Wildman–Crippen MR) is 87.2 cm³/mol. The molecule has 0 fully saturated rings. The molecule has 1 amide bonds. The lowest BCUT2D eigenvalue weighted by molar-refractivity contribution is 0.0994. The van der Waals surface area contributed by atoms with Gasteiger partial charge >= 0.3 is 0 Å². The molecule has 0 radical (unpaired) electrons. The van der Waals surface area contributed by atoms with Gasteiger partial charge in [0.05, 0.1) is 12.3 Å². The Labute approximate surface area is 133 Å². The number of nitrogens with one attached hydrogen (secondary N) is 1. The third kappa shape index (κ3) is 2.26. The normalized spacial score (nSPS) is 12.7. The summed E-state index contributed by atoms with van der Waals surface area (Å²) in [6.07, 6.45) is 0.597. The Morgan fingerprint density at radius 2 is 1.96 bits per heavy atom. The van der Waals surface area contributed by atoms with E-state index in [0.717, 1.165) is 33.7 Å². The number of aromatic nitrogens is 2. The summed E-state index contributed by atoms with van der Waals surface area (Å²) in [6, 6.07) is 16.1. The molecule has 1 aromatic heterocycles. The van der Waals surface area contributed by atoms with Crippen LogP contribution >= 0.6 is 0 Å². The maximum Gasteiger partial charge on any atom is 0.267 e.